The molecule has 2 rings (SSSR count). The van der Waals surface area contributed by atoms with E-state index in [2.05, 4.69) is 12.2 Å². The molecule has 1 N–H and O–H groups in total. The molecule has 1 aliphatic heterocycles. The number of carbonyl (C=O) groups excluding carboxylic acids is 1. The van der Waals surface area contributed by atoms with E-state index in [1.54, 1.807) is 0 Å². The Morgan fingerprint density at radius 3 is 2.40 bits per heavy atom. The zero-order valence-electron chi connectivity index (χ0n) is 8.70. The molecule has 79 valence electrons. The van der Waals surface area contributed by atoms with Gasteiger partial charge in [0.05, 0.1) is 0 Å². The minimum absolute atomic E-state index is 0.122. The van der Waals surface area contributed by atoms with Crippen molar-refractivity contribution < 1.29 is 4.79 Å². The van der Waals surface area contributed by atoms with Gasteiger partial charge in [-0.15, -0.1) is 0 Å². The molecule has 0 saturated carbocycles. The summed E-state index contributed by atoms with van der Waals surface area (Å²) in [5, 5.41) is 3.23. The molecule has 3 heteroatoms. The third kappa shape index (κ3) is 2.36. The number of benzene rings is 1. The lowest BCUT2D eigenvalue weighted by atomic mass is 10.1. The van der Waals surface area contributed by atoms with Crippen LogP contribution in [0.1, 0.15) is 15.9 Å². The lowest BCUT2D eigenvalue weighted by Gasteiger charge is -2.27. The molecule has 0 aromatic heterocycles. The average molecular weight is 203 g/mol. The molecule has 1 radical (unpaired) electrons. The van der Waals surface area contributed by atoms with E-state index >= 15 is 0 Å². The molecule has 0 unspecified atom stereocenters. The Balaban J connectivity index is 2.09. The molecule has 0 atom stereocenters. The number of nitrogens with zero attached hydrogens (tertiary/aromatic N) is 1. The van der Waals surface area contributed by atoms with Crippen LogP contribution in [0.3, 0.4) is 0 Å². The van der Waals surface area contributed by atoms with Crippen LogP contribution in [0.5, 0.6) is 0 Å². The van der Waals surface area contributed by atoms with Gasteiger partial charge >= 0.3 is 0 Å². The summed E-state index contributed by atoms with van der Waals surface area (Å²) in [5.74, 6) is 0.122. The van der Waals surface area contributed by atoms with Crippen LogP contribution in [0.15, 0.2) is 24.3 Å². The van der Waals surface area contributed by atoms with Crippen molar-refractivity contribution in [2.24, 2.45) is 0 Å². The van der Waals surface area contributed by atoms with E-state index in [4.69, 9.17) is 0 Å². The Morgan fingerprint density at radius 1 is 1.20 bits per heavy atom. The van der Waals surface area contributed by atoms with Crippen LogP contribution in [0, 0.1) is 6.92 Å². The Bertz CT molecular complexity index is 339. The number of piperazine rings is 1. The summed E-state index contributed by atoms with van der Waals surface area (Å²) >= 11 is 0. The van der Waals surface area contributed by atoms with E-state index in [1.165, 1.54) is 0 Å². The highest BCUT2D eigenvalue weighted by Gasteiger charge is 2.17. The second kappa shape index (κ2) is 4.45. The predicted molar refractivity (Wildman–Crippen MR) is 59.7 cm³/mol. The van der Waals surface area contributed by atoms with Crippen molar-refractivity contribution in [2.75, 3.05) is 26.2 Å². The fraction of sp³-hybridized carbons (Fsp3) is 0.333. The zero-order valence-corrected chi connectivity index (χ0v) is 8.70. The average Bonchev–Trinajstić information content (AvgIpc) is 2.30. The monoisotopic (exact) mass is 203 g/mol. The summed E-state index contributed by atoms with van der Waals surface area (Å²) in [4.78, 5) is 13.9. The van der Waals surface area contributed by atoms with E-state index in [-0.39, 0.29) is 5.91 Å². The normalized spacial score (nSPS) is 16.5. The third-order valence-electron chi connectivity index (χ3n) is 2.61. The van der Waals surface area contributed by atoms with Crippen molar-refractivity contribution in [3.05, 3.63) is 42.3 Å². The van der Waals surface area contributed by atoms with Gasteiger partial charge in [-0.25, -0.2) is 0 Å². The first-order valence-corrected chi connectivity index (χ1v) is 5.19. The van der Waals surface area contributed by atoms with Gasteiger partial charge in [-0.3, -0.25) is 4.79 Å². The van der Waals surface area contributed by atoms with Gasteiger partial charge in [0.15, 0.2) is 0 Å². The first kappa shape index (κ1) is 10.2. The fourth-order valence-corrected chi connectivity index (χ4v) is 1.70. The van der Waals surface area contributed by atoms with Crippen molar-refractivity contribution >= 4 is 5.91 Å². The summed E-state index contributed by atoms with van der Waals surface area (Å²) in [5.41, 5.74) is 1.69. The van der Waals surface area contributed by atoms with E-state index < -0.39 is 0 Å². The number of carbonyl (C=O) groups is 1. The molecule has 1 saturated heterocycles. The maximum atomic E-state index is 12.0. The van der Waals surface area contributed by atoms with Gasteiger partial charge in [0.2, 0.25) is 0 Å². The van der Waals surface area contributed by atoms with E-state index in [1.807, 2.05) is 29.2 Å². The van der Waals surface area contributed by atoms with Gasteiger partial charge < -0.3 is 10.2 Å². The molecule has 1 aromatic rings. The maximum absolute atomic E-state index is 12.0. The summed E-state index contributed by atoms with van der Waals surface area (Å²) in [6.07, 6.45) is 0. The van der Waals surface area contributed by atoms with Crippen molar-refractivity contribution in [2.45, 2.75) is 0 Å². The maximum Gasteiger partial charge on any atom is 0.253 e. The van der Waals surface area contributed by atoms with Crippen LogP contribution in [0.25, 0.3) is 0 Å². The van der Waals surface area contributed by atoms with Gasteiger partial charge in [-0.05, 0) is 24.6 Å². The summed E-state index contributed by atoms with van der Waals surface area (Å²) in [6, 6.07) is 7.42. The summed E-state index contributed by atoms with van der Waals surface area (Å²) in [7, 11) is 0. The Kier molecular flexibility index (Phi) is 3.02. The molecule has 0 aliphatic carbocycles. The molecule has 3 nitrogen and oxygen atoms in total. The molecule has 0 spiro atoms. The van der Waals surface area contributed by atoms with Crippen LogP contribution in [-0.4, -0.2) is 37.0 Å². The highest BCUT2D eigenvalue weighted by Crippen LogP contribution is 2.07. The van der Waals surface area contributed by atoms with Crippen molar-refractivity contribution in [1.29, 1.82) is 0 Å². The number of hydrogen-bond acceptors (Lipinski definition) is 2. The van der Waals surface area contributed by atoms with E-state index in [0.717, 1.165) is 37.3 Å². The minimum atomic E-state index is 0.122. The number of amides is 1. The van der Waals surface area contributed by atoms with Crippen LogP contribution < -0.4 is 5.32 Å². The zero-order chi connectivity index (χ0) is 10.7. The summed E-state index contributed by atoms with van der Waals surface area (Å²) in [6.45, 7) is 7.17. The van der Waals surface area contributed by atoms with Gasteiger partial charge in [0.1, 0.15) is 0 Å². The molecule has 1 heterocycles. The highest BCUT2D eigenvalue weighted by atomic mass is 16.2. The van der Waals surface area contributed by atoms with E-state index in [9.17, 15) is 4.79 Å². The molecular formula is C12H15N2O. The second-order valence-electron chi connectivity index (χ2n) is 3.74. The van der Waals surface area contributed by atoms with Gasteiger partial charge in [-0.1, -0.05) is 12.1 Å². The molecule has 1 fully saturated rings. The van der Waals surface area contributed by atoms with Gasteiger partial charge in [0, 0.05) is 31.7 Å². The predicted octanol–water partition coefficient (Wildman–Crippen LogP) is 0.914. The molecule has 1 aromatic carbocycles. The van der Waals surface area contributed by atoms with Crippen molar-refractivity contribution in [3.8, 4) is 0 Å². The molecule has 0 bridgehead atoms. The van der Waals surface area contributed by atoms with Crippen LogP contribution in [0.2, 0.25) is 0 Å². The SMILES string of the molecule is [CH2]c1ccc(C(=O)N2CCNCC2)cc1. The summed E-state index contributed by atoms with van der Waals surface area (Å²) < 4.78 is 0. The van der Waals surface area contributed by atoms with Crippen LogP contribution >= 0.6 is 0 Å². The smallest absolute Gasteiger partial charge is 0.253 e. The van der Waals surface area contributed by atoms with Crippen molar-refractivity contribution in [3.63, 3.8) is 0 Å². The molecule has 1 amide bonds. The molecule has 1 aliphatic rings. The standard InChI is InChI=1S/C12H15N2O/c1-10-2-4-11(5-3-10)12(15)14-8-6-13-7-9-14/h2-5,13H,1,6-9H2. The Hall–Kier alpha value is -1.35. The van der Waals surface area contributed by atoms with Gasteiger partial charge in [-0.2, -0.15) is 0 Å². The number of nitrogens with one attached hydrogen (secondary N) is 1. The largest absolute Gasteiger partial charge is 0.336 e. The van der Waals surface area contributed by atoms with E-state index in [0.29, 0.717) is 0 Å². The number of rotatable bonds is 1. The van der Waals surface area contributed by atoms with Gasteiger partial charge in [0.25, 0.3) is 5.91 Å². The van der Waals surface area contributed by atoms with Crippen LogP contribution in [-0.2, 0) is 0 Å². The quantitative estimate of drug-likeness (QED) is 0.736. The molecule has 15 heavy (non-hydrogen) atoms. The first-order chi connectivity index (χ1) is 7.27. The third-order valence-corrected chi connectivity index (χ3v) is 2.61. The lowest BCUT2D eigenvalue weighted by molar-refractivity contribution is 0.0736. The van der Waals surface area contributed by atoms with Crippen LogP contribution in [0.4, 0.5) is 0 Å². The second-order valence-corrected chi connectivity index (χ2v) is 3.74. The minimum Gasteiger partial charge on any atom is -0.336 e. The highest BCUT2D eigenvalue weighted by molar-refractivity contribution is 5.94. The topological polar surface area (TPSA) is 32.3 Å². The fourth-order valence-electron chi connectivity index (χ4n) is 1.70. The Labute approximate surface area is 90.1 Å². The lowest BCUT2D eigenvalue weighted by Crippen LogP contribution is -2.46. The van der Waals surface area contributed by atoms with Crippen molar-refractivity contribution in [1.82, 2.24) is 10.2 Å². The number of hydrogen-bond donors (Lipinski definition) is 1. The first-order valence-electron chi connectivity index (χ1n) is 5.19. The Morgan fingerprint density at radius 2 is 1.80 bits per heavy atom. The molecular weight excluding hydrogens is 188 g/mol.